The summed E-state index contributed by atoms with van der Waals surface area (Å²) in [7, 11) is -3.48. The maximum Gasteiger partial charge on any atom is 0.244 e. The highest BCUT2D eigenvalue weighted by Crippen LogP contribution is 2.27. The van der Waals surface area contributed by atoms with E-state index in [4.69, 9.17) is 11.6 Å². The highest BCUT2D eigenvalue weighted by molar-refractivity contribution is 9.10. The topological polar surface area (TPSA) is 50.3 Å². The van der Waals surface area contributed by atoms with Gasteiger partial charge in [-0.1, -0.05) is 6.92 Å². The van der Waals surface area contributed by atoms with Crippen LogP contribution in [-0.2, 0) is 10.0 Å². The van der Waals surface area contributed by atoms with Crippen LogP contribution in [0.3, 0.4) is 0 Å². The van der Waals surface area contributed by atoms with E-state index >= 15 is 0 Å². The van der Waals surface area contributed by atoms with Gasteiger partial charge in [0.15, 0.2) is 0 Å². The first-order valence-corrected chi connectivity index (χ1v) is 8.33. The van der Waals surface area contributed by atoms with Crippen LogP contribution < -0.4 is 0 Å². The lowest BCUT2D eigenvalue weighted by atomic mass is 10.0. The summed E-state index contributed by atoms with van der Waals surface area (Å²) in [5.74, 6) is 0.346. The summed E-state index contributed by atoms with van der Waals surface area (Å²) in [5, 5.41) is -0.131. The van der Waals surface area contributed by atoms with Crippen molar-refractivity contribution in [3.63, 3.8) is 0 Å². The van der Waals surface area contributed by atoms with Crippen molar-refractivity contribution in [1.29, 1.82) is 0 Å². The van der Waals surface area contributed by atoms with Gasteiger partial charge in [-0.2, -0.15) is 4.31 Å². The van der Waals surface area contributed by atoms with Gasteiger partial charge in [0.25, 0.3) is 0 Å². The number of hydrogen-bond donors (Lipinski definition) is 0. The summed E-state index contributed by atoms with van der Waals surface area (Å²) in [4.78, 5) is 4.10. The van der Waals surface area contributed by atoms with Crippen molar-refractivity contribution >= 4 is 37.6 Å². The molecule has 2 heterocycles. The molecule has 1 aromatic rings. The molecular weight excluding hydrogens is 340 g/mol. The molecule has 1 aliphatic heterocycles. The monoisotopic (exact) mass is 352 g/mol. The van der Waals surface area contributed by atoms with E-state index in [-0.39, 0.29) is 10.3 Å². The highest BCUT2D eigenvalue weighted by Gasteiger charge is 2.32. The Bertz CT molecular complexity index is 538. The molecular formula is C11H14BrClN2O2S. The standard InChI is InChI=1S/C11H14BrClN2O2S/c1-8-2-3-15(7-11(8)13)18(16,17)10-4-9(12)5-14-6-10/h4-6,8,11H,2-3,7H2,1H3. The third-order valence-electron chi connectivity index (χ3n) is 3.15. The molecule has 0 amide bonds. The van der Waals surface area contributed by atoms with Gasteiger partial charge in [0.05, 0.1) is 0 Å². The number of aromatic nitrogens is 1. The second-order valence-corrected chi connectivity index (χ2v) is 7.90. The number of pyridine rings is 1. The van der Waals surface area contributed by atoms with Crippen LogP contribution in [0.5, 0.6) is 0 Å². The fourth-order valence-electron chi connectivity index (χ4n) is 1.90. The van der Waals surface area contributed by atoms with E-state index < -0.39 is 10.0 Å². The summed E-state index contributed by atoms with van der Waals surface area (Å²) >= 11 is 9.38. The molecule has 18 heavy (non-hydrogen) atoms. The average molecular weight is 354 g/mol. The van der Waals surface area contributed by atoms with Gasteiger partial charge in [0.1, 0.15) is 4.90 Å². The van der Waals surface area contributed by atoms with Crippen LogP contribution in [-0.4, -0.2) is 36.2 Å². The van der Waals surface area contributed by atoms with Crippen molar-refractivity contribution in [1.82, 2.24) is 9.29 Å². The van der Waals surface area contributed by atoms with Crippen LogP contribution in [0.4, 0.5) is 0 Å². The first-order valence-electron chi connectivity index (χ1n) is 5.66. The molecule has 0 spiro atoms. The summed E-state index contributed by atoms with van der Waals surface area (Å²) in [5.41, 5.74) is 0. The fraction of sp³-hybridized carbons (Fsp3) is 0.545. The molecule has 0 aliphatic carbocycles. The Kier molecular flexibility index (Phi) is 4.31. The molecule has 2 unspecified atom stereocenters. The Hall–Kier alpha value is -0.170. The second-order valence-electron chi connectivity index (χ2n) is 4.48. The smallest absolute Gasteiger partial charge is 0.244 e. The fourth-order valence-corrected chi connectivity index (χ4v) is 4.26. The molecule has 1 fully saturated rings. The van der Waals surface area contributed by atoms with Crippen LogP contribution >= 0.6 is 27.5 Å². The van der Waals surface area contributed by atoms with Crippen molar-refractivity contribution in [2.24, 2.45) is 5.92 Å². The number of hydrogen-bond acceptors (Lipinski definition) is 3. The molecule has 0 bridgehead atoms. The molecule has 2 atom stereocenters. The molecule has 1 saturated heterocycles. The molecule has 100 valence electrons. The van der Waals surface area contributed by atoms with E-state index in [1.54, 1.807) is 12.3 Å². The third-order valence-corrected chi connectivity index (χ3v) is 5.98. The van der Waals surface area contributed by atoms with Gasteiger partial charge in [-0.15, -0.1) is 11.6 Å². The lowest BCUT2D eigenvalue weighted by Crippen LogP contribution is -2.43. The summed E-state index contributed by atoms with van der Waals surface area (Å²) in [6, 6.07) is 1.56. The van der Waals surface area contributed by atoms with Crippen LogP contribution in [0.1, 0.15) is 13.3 Å². The molecule has 2 rings (SSSR count). The Morgan fingerprint density at radius 3 is 2.83 bits per heavy atom. The summed E-state index contributed by atoms with van der Waals surface area (Å²) < 4.78 is 26.9. The molecule has 0 saturated carbocycles. The van der Waals surface area contributed by atoms with Crippen molar-refractivity contribution in [3.05, 3.63) is 22.9 Å². The minimum atomic E-state index is -3.48. The van der Waals surface area contributed by atoms with E-state index in [1.165, 1.54) is 10.5 Å². The highest BCUT2D eigenvalue weighted by atomic mass is 79.9. The van der Waals surface area contributed by atoms with Crippen LogP contribution in [0.15, 0.2) is 27.8 Å². The van der Waals surface area contributed by atoms with Gasteiger partial charge in [-0.3, -0.25) is 4.98 Å². The molecule has 0 aromatic carbocycles. The minimum absolute atomic E-state index is 0.131. The van der Waals surface area contributed by atoms with Gasteiger partial charge < -0.3 is 0 Å². The predicted octanol–water partition coefficient (Wildman–Crippen LogP) is 2.48. The maximum atomic E-state index is 12.4. The Balaban J connectivity index is 2.27. The number of sulfonamides is 1. The predicted molar refractivity (Wildman–Crippen MR) is 74.1 cm³/mol. The van der Waals surface area contributed by atoms with Crippen molar-refractivity contribution in [2.75, 3.05) is 13.1 Å². The lowest BCUT2D eigenvalue weighted by Gasteiger charge is -2.32. The lowest BCUT2D eigenvalue weighted by molar-refractivity contribution is 0.293. The number of piperidine rings is 1. The quantitative estimate of drug-likeness (QED) is 0.768. The average Bonchev–Trinajstić information content (AvgIpc) is 2.32. The molecule has 7 heteroatoms. The Labute approximate surface area is 121 Å². The minimum Gasteiger partial charge on any atom is -0.262 e. The van der Waals surface area contributed by atoms with Gasteiger partial charge in [-0.05, 0) is 34.3 Å². The summed E-state index contributed by atoms with van der Waals surface area (Å²) in [6.45, 7) is 2.92. The van der Waals surface area contributed by atoms with E-state index in [0.717, 1.165) is 6.42 Å². The molecule has 0 radical (unpaired) electrons. The zero-order valence-electron chi connectivity index (χ0n) is 9.88. The van der Waals surface area contributed by atoms with Crippen molar-refractivity contribution in [3.8, 4) is 0 Å². The largest absolute Gasteiger partial charge is 0.262 e. The zero-order valence-corrected chi connectivity index (χ0v) is 13.0. The van der Waals surface area contributed by atoms with E-state index in [9.17, 15) is 8.42 Å². The van der Waals surface area contributed by atoms with E-state index in [1.807, 2.05) is 6.92 Å². The van der Waals surface area contributed by atoms with Crippen LogP contribution in [0, 0.1) is 5.92 Å². The van der Waals surface area contributed by atoms with Gasteiger partial charge >= 0.3 is 0 Å². The van der Waals surface area contributed by atoms with Crippen molar-refractivity contribution in [2.45, 2.75) is 23.6 Å². The molecule has 4 nitrogen and oxygen atoms in total. The third kappa shape index (κ3) is 2.87. The zero-order chi connectivity index (χ0) is 13.3. The first kappa shape index (κ1) is 14.2. The van der Waals surface area contributed by atoms with E-state index in [2.05, 4.69) is 20.9 Å². The first-order chi connectivity index (χ1) is 8.41. The number of alkyl halides is 1. The Morgan fingerprint density at radius 2 is 2.22 bits per heavy atom. The number of halogens is 2. The molecule has 1 aliphatic rings. The number of nitrogens with zero attached hydrogens (tertiary/aromatic N) is 2. The van der Waals surface area contributed by atoms with Crippen LogP contribution in [0.2, 0.25) is 0 Å². The normalized spacial score (nSPS) is 26.2. The number of rotatable bonds is 2. The SMILES string of the molecule is CC1CCN(S(=O)(=O)c2cncc(Br)c2)CC1Cl. The van der Waals surface area contributed by atoms with Crippen molar-refractivity contribution < 1.29 is 8.42 Å². The van der Waals surface area contributed by atoms with E-state index in [0.29, 0.717) is 23.5 Å². The maximum absolute atomic E-state index is 12.4. The van der Waals surface area contributed by atoms with Gasteiger partial charge in [0, 0.05) is 35.3 Å². The molecule has 0 N–H and O–H groups in total. The van der Waals surface area contributed by atoms with Crippen LogP contribution in [0.25, 0.3) is 0 Å². The van der Waals surface area contributed by atoms with Gasteiger partial charge in [-0.25, -0.2) is 8.42 Å². The van der Waals surface area contributed by atoms with Gasteiger partial charge in [0.2, 0.25) is 10.0 Å². The Morgan fingerprint density at radius 1 is 1.50 bits per heavy atom. The molecule has 1 aromatic heterocycles. The summed E-state index contributed by atoms with van der Waals surface area (Å²) in [6.07, 6.45) is 3.71. The second kappa shape index (κ2) is 5.45.